The third-order valence-corrected chi connectivity index (χ3v) is 8.04. The molecule has 14 heteroatoms. The zero-order chi connectivity index (χ0) is 34.2. The summed E-state index contributed by atoms with van der Waals surface area (Å²) in [5.41, 5.74) is -4.64. The van der Waals surface area contributed by atoms with Crippen molar-refractivity contribution in [2.75, 3.05) is 6.61 Å². The van der Waals surface area contributed by atoms with Crippen molar-refractivity contribution in [3.8, 4) is 5.75 Å². The van der Waals surface area contributed by atoms with Gasteiger partial charge >= 0.3 is 30.2 Å². The molecular formula is C31H30F10O4. The van der Waals surface area contributed by atoms with Gasteiger partial charge < -0.3 is 14.6 Å². The quantitative estimate of drug-likeness (QED) is 0.194. The highest BCUT2D eigenvalue weighted by atomic mass is 19.4. The molecule has 0 atom stereocenters. The van der Waals surface area contributed by atoms with E-state index in [9.17, 15) is 53.8 Å². The molecular weight excluding hydrogens is 626 g/mol. The van der Waals surface area contributed by atoms with Crippen molar-refractivity contribution in [1.82, 2.24) is 0 Å². The average Bonchev–Trinajstić information content (AvgIpc) is 3.36. The molecule has 1 aliphatic heterocycles. The van der Waals surface area contributed by atoms with Crippen LogP contribution in [0.15, 0.2) is 54.3 Å². The SMILES string of the molecule is CCC(CC)(c1ccc(C=CC(O)(C(F)(F)C(F)(F)F)C(F)(F)C(F)(F)F)c(C)c1)c1ccc(OCC2=CCC(=O)O2)c(C)c1. The molecule has 4 nitrogen and oxygen atoms in total. The van der Waals surface area contributed by atoms with E-state index in [1.165, 1.54) is 25.1 Å². The van der Waals surface area contributed by atoms with E-state index in [2.05, 4.69) is 0 Å². The molecule has 0 unspecified atom stereocenters. The van der Waals surface area contributed by atoms with Crippen LogP contribution in [0.25, 0.3) is 6.08 Å². The Kier molecular flexibility index (Phi) is 9.84. The Morgan fingerprint density at radius 2 is 1.33 bits per heavy atom. The van der Waals surface area contributed by atoms with Crippen LogP contribution >= 0.6 is 0 Å². The summed E-state index contributed by atoms with van der Waals surface area (Å²) in [4.78, 5) is 11.3. The molecule has 0 bridgehead atoms. The van der Waals surface area contributed by atoms with Crippen molar-refractivity contribution in [1.29, 1.82) is 0 Å². The monoisotopic (exact) mass is 656 g/mol. The van der Waals surface area contributed by atoms with E-state index in [1.54, 1.807) is 25.1 Å². The maximum Gasteiger partial charge on any atom is 0.457 e. The summed E-state index contributed by atoms with van der Waals surface area (Å²) in [5, 5.41) is 9.80. The highest BCUT2D eigenvalue weighted by Crippen LogP contribution is 2.55. The summed E-state index contributed by atoms with van der Waals surface area (Å²) in [6, 6.07) is 9.50. The van der Waals surface area contributed by atoms with E-state index in [0.29, 0.717) is 29.9 Å². The van der Waals surface area contributed by atoms with Crippen LogP contribution in [0.4, 0.5) is 43.9 Å². The lowest BCUT2D eigenvalue weighted by Crippen LogP contribution is -2.69. The first-order valence-electron chi connectivity index (χ1n) is 13.6. The molecule has 0 aliphatic carbocycles. The van der Waals surface area contributed by atoms with Gasteiger partial charge in [0.2, 0.25) is 5.60 Å². The second kappa shape index (κ2) is 12.3. The number of carbonyl (C=O) groups excluding carboxylic acids is 1. The minimum atomic E-state index is -6.94. The molecule has 0 saturated heterocycles. The smallest absolute Gasteiger partial charge is 0.457 e. The van der Waals surface area contributed by atoms with Crippen molar-refractivity contribution >= 4 is 12.0 Å². The second-order valence-electron chi connectivity index (χ2n) is 10.7. The van der Waals surface area contributed by atoms with Crippen LogP contribution in [0.2, 0.25) is 0 Å². The van der Waals surface area contributed by atoms with Crippen LogP contribution in [0.1, 0.15) is 60.9 Å². The van der Waals surface area contributed by atoms with Crippen LogP contribution in [-0.4, -0.2) is 47.5 Å². The molecule has 0 amide bonds. The lowest BCUT2D eigenvalue weighted by Gasteiger charge is -2.40. The Bertz CT molecular complexity index is 1440. The number of ether oxygens (including phenoxy) is 2. The Balaban J connectivity index is 2.00. The second-order valence-corrected chi connectivity index (χ2v) is 10.7. The first-order valence-corrected chi connectivity index (χ1v) is 13.6. The van der Waals surface area contributed by atoms with Crippen molar-refractivity contribution < 1.29 is 63.3 Å². The fraction of sp³-hybridized carbons (Fsp3) is 0.452. The maximum atomic E-state index is 14.1. The van der Waals surface area contributed by atoms with Gasteiger partial charge in [-0.2, -0.15) is 43.9 Å². The van der Waals surface area contributed by atoms with Gasteiger partial charge in [-0.3, -0.25) is 4.79 Å². The molecule has 0 saturated carbocycles. The molecule has 45 heavy (non-hydrogen) atoms. The molecule has 2 aromatic carbocycles. The summed E-state index contributed by atoms with van der Waals surface area (Å²) in [6.07, 6.45) is -11.8. The fourth-order valence-electron chi connectivity index (χ4n) is 5.22. The number of alkyl halides is 10. The van der Waals surface area contributed by atoms with Gasteiger partial charge in [-0.15, -0.1) is 0 Å². The molecule has 0 fully saturated rings. The third kappa shape index (κ3) is 6.43. The van der Waals surface area contributed by atoms with Crippen molar-refractivity contribution in [2.45, 2.75) is 82.2 Å². The maximum absolute atomic E-state index is 14.1. The number of hydrogen-bond acceptors (Lipinski definition) is 4. The normalized spacial score (nSPS) is 15.4. The molecule has 3 rings (SSSR count). The predicted octanol–water partition coefficient (Wildman–Crippen LogP) is 8.76. The number of hydrogen-bond donors (Lipinski definition) is 1. The minimum absolute atomic E-state index is 0.0335. The topological polar surface area (TPSA) is 55.8 Å². The Morgan fingerprint density at radius 3 is 1.76 bits per heavy atom. The third-order valence-electron chi connectivity index (χ3n) is 8.04. The number of aliphatic hydroxyl groups is 1. The number of carbonyl (C=O) groups is 1. The van der Waals surface area contributed by atoms with Crippen LogP contribution in [0, 0.1) is 13.8 Å². The molecule has 0 spiro atoms. The van der Waals surface area contributed by atoms with Gasteiger partial charge in [-0.25, -0.2) is 0 Å². The summed E-state index contributed by atoms with van der Waals surface area (Å²) in [6.45, 7) is 6.94. The van der Waals surface area contributed by atoms with Gasteiger partial charge in [0.25, 0.3) is 0 Å². The van der Waals surface area contributed by atoms with Gasteiger partial charge in [0.1, 0.15) is 18.1 Å². The van der Waals surface area contributed by atoms with E-state index in [0.717, 1.165) is 11.1 Å². The number of aryl methyl sites for hydroxylation is 2. The summed E-state index contributed by atoms with van der Waals surface area (Å²) in [7, 11) is 0. The van der Waals surface area contributed by atoms with Gasteiger partial charge in [0.15, 0.2) is 0 Å². The highest BCUT2D eigenvalue weighted by Gasteiger charge is 2.83. The summed E-state index contributed by atoms with van der Waals surface area (Å²) in [5.74, 6) is -13.3. The Morgan fingerprint density at radius 1 is 0.822 bits per heavy atom. The first kappa shape index (κ1) is 35.9. The van der Waals surface area contributed by atoms with E-state index < -0.39 is 41.3 Å². The van der Waals surface area contributed by atoms with Gasteiger partial charge in [0, 0.05) is 5.41 Å². The number of cyclic esters (lactones) is 1. The van der Waals surface area contributed by atoms with Crippen LogP contribution < -0.4 is 4.74 Å². The Labute approximate surface area is 252 Å². The highest BCUT2D eigenvalue weighted by molar-refractivity contribution is 5.75. The van der Waals surface area contributed by atoms with Gasteiger partial charge in [0.05, 0.1) is 6.42 Å². The minimum Gasteiger partial charge on any atom is -0.485 e. The van der Waals surface area contributed by atoms with Crippen molar-refractivity contribution in [2.24, 2.45) is 0 Å². The zero-order valence-electron chi connectivity index (χ0n) is 24.5. The molecule has 1 heterocycles. The predicted molar refractivity (Wildman–Crippen MR) is 144 cm³/mol. The van der Waals surface area contributed by atoms with E-state index in [1.807, 2.05) is 19.9 Å². The molecule has 1 aliphatic rings. The van der Waals surface area contributed by atoms with Crippen molar-refractivity contribution in [3.05, 3.63) is 82.1 Å². The van der Waals surface area contributed by atoms with E-state index >= 15 is 0 Å². The Hall–Kier alpha value is -3.55. The van der Waals surface area contributed by atoms with Gasteiger partial charge in [-0.05, 0) is 72.7 Å². The standard InChI is InChI=1S/C31H30F10O4/c1-5-26(6-2,22-9-11-24(19(4)16-22)44-17-23-10-12-25(42)45-23)21-8-7-20(18(3)15-21)13-14-27(43,28(32,33)30(36,37)38)29(34,35)31(39,40)41/h7-11,13-16,43H,5-6,12,17H2,1-4H3. The molecule has 0 aromatic heterocycles. The van der Waals surface area contributed by atoms with Crippen molar-refractivity contribution in [3.63, 3.8) is 0 Å². The summed E-state index contributed by atoms with van der Waals surface area (Å²) < 4.78 is 145. The van der Waals surface area contributed by atoms with E-state index in [4.69, 9.17) is 9.47 Å². The fourth-order valence-corrected chi connectivity index (χ4v) is 5.22. The lowest BCUT2D eigenvalue weighted by atomic mass is 9.70. The zero-order valence-corrected chi connectivity index (χ0v) is 24.5. The van der Waals surface area contributed by atoms with Gasteiger partial charge in [-0.1, -0.05) is 50.3 Å². The summed E-state index contributed by atoms with van der Waals surface area (Å²) >= 11 is 0. The molecule has 1 N–H and O–H groups in total. The van der Waals surface area contributed by atoms with Crippen LogP contribution in [0.5, 0.6) is 5.75 Å². The van der Waals surface area contributed by atoms with Crippen LogP contribution in [0.3, 0.4) is 0 Å². The molecule has 0 radical (unpaired) electrons. The lowest BCUT2D eigenvalue weighted by molar-refractivity contribution is -0.409. The number of esters is 1. The largest absolute Gasteiger partial charge is 0.485 e. The molecule has 248 valence electrons. The first-order chi connectivity index (χ1) is 20.6. The number of halogens is 10. The van der Waals surface area contributed by atoms with E-state index in [-0.39, 0.29) is 36.2 Å². The average molecular weight is 657 g/mol. The number of benzene rings is 2. The van der Waals surface area contributed by atoms with Crippen LogP contribution in [-0.2, 0) is 14.9 Å². The number of rotatable bonds is 11. The molecule has 2 aromatic rings.